The number of hydrogen-bond donors (Lipinski definition) is 3. The van der Waals surface area contributed by atoms with Gasteiger partial charge in [-0.25, -0.2) is 4.79 Å². The third kappa shape index (κ3) is 4.63. The fourth-order valence-corrected chi connectivity index (χ4v) is 0.650. The van der Waals surface area contributed by atoms with Crippen molar-refractivity contribution in [2.24, 2.45) is 5.73 Å². The molecule has 0 aliphatic carbocycles. The first-order valence-electron chi connectivity index (χ1n) is 3.73. The van der Waals surface area contributed by atoms with Crippen LogP contribution in [0.25, 0.3) is 0 Å². The molecule has 0 spiro atoms. The summed E-state index contributed by atoms with van der Waals surface area (Å²) in [6.07, 6.45) is 0. The molecule has 0 rings (SSSR count). The van der Waals surface area contributed by atoms with Gasteiger partial charge in [-0.2, -0.15) is 5.26 Å². The molecule has 0 heterocycles. The van der Waals surface area contributed by atoms with Crippen LogP contribution >= 0.6 is 0 Å². The van der Waals surface area contributed by atoms with Crippen molar-refractivity contribution in [2.45, 2.75) is 25.9 Å². The summed E-state index contributed by atoms with van der Waals surface area (Å²) in [6.45, 7) is 3.01. The number of urea groups is 1. The average Bonchev–Trinajstić information content (AvgIpc) is 2.02. The number of nitriles is 1. The van der Waals surface area contributed by atoms with E-state index in [1.165, 1.54) is 13.8 Å². The number of primary amides is 1. The molecule has 0 aliphatic rings. The quantitative estimate of drug-likeness (QED) is 0.527. The van der Waals surface area contributed by atoms with Crippen molar-refractivity contribution >= 4 is 11.9 Å². The van der Waals surface area contributed by atoms with Gasteiger partial charge in [0.05, 0.1) is 6.07 Å². The molecule has 3 amide bonds. The Morgan fingerprint density at radius 3 is 2.31 bits per heavy atom. The average molecular weight is 184 g/mol. The van der Waals surface area contributed by atoms with Crippen LogP contribution in [0.3, 0.4) is 0 Å². The molecule has 6 heteroatoms. The molecule has 0 aromatic carbocycles. The lowest BCUT2D eigenvalue weighted by Gasteiger charge is -2.13. The molecule has 0 radical (unpaired) electrons. The Morgan fingerprint density at radius 1 is 1.38 bits per heavy atom. The Balaban J connectivity index is 3.98. The fraction of sp³-hybridized carbons (Fsp3) is 0.571. The molecular formula is C7H12N4O2. The van der Waals surface area contributed by atoms with Crippen molar-refractivity contribution in [3.63, 3.8) is 0 Å². The molecule has 72 valence electrons. The Hall–Kier alpha value is -1.77. The highest BCUT2D eigenvalue weighted by Crippen LogP contribution is 1.84. The van der Waals surface area contributed by atoms with Crippen LogP contribution in [0.2, 0.25) is 0 Å². The SMILES string of the molecule is CC(NC(N)=O)C(=O)N[C@@H](C)C#N. The van der Waals surface area contributed by atoms with Crippen LogP contribution in [0.4, 0.5) is 4.79 Å². The number of nitrogens with two attached hydrogens (primary N) is 1. The van der Waals surface area contributed by atoms with E-state index in [-0.39, 0.29) is 0 Å². The van der Waals surface area contributed by atoms with Crippen LogP contribution in [-0.4, -0.2) is 24.0 Å². The number of carbonyl (C=O) groups is 2. The van der Waals surface area contributed by atoms with Gasteiger partial charge in [-0.1, -0.05) is 0 Å². The van der Waals surface area contributed by atoms with E-state index in [0.29, 0.717) is 0 Å². The van der Waals surface area contributed by atoms with Crippen LogP contribution in [0.1, 0.15) is 13.8 Å². The predicted octanol–water partition coefficient (Wildman–Crippen LogP) is -0.929. The molecule has 0 saturated carbocycles. The van der Waals surface area contributed by atoms with Gasteiger partial charge in [0, 0.05) is 0 Å². The number of rotatable bonds is 3. The number of nitrogens with zero attached hydrogens (tertiary/aromatic N) is 1. The summed E-state index contributed by atoms with van der Waals surface area (Å²) in [6, 6.07) is -0.250. The van der Waals surface area contributed by atoms with Gasteiger partial charge in [0.1, 0.15) is 12.1 Å². The minimum atomic E-state index is -0.771. The van der Waals surface area contributed by atoms with E-state index in [9.17, 15) is 9.59 Å². The lowest BCUT2D eigenvalue weighted by atomic mass is 10.3. The summed E-state index contributed by atoms with van der Waals surface area (Å²) >= 11 is 0. The lowest BCUT2D eigenvalue weighted by molar-refractivity contribution is -0.122. The molecule has 2 atom stereocenters. The first-order chi connectivity index (χ1) is 5.97. The molecule has 0 saturated heterocycles. The second-order valence-electron chi connectivity index (χ2n) is 2.59. The zero-order chi connectivity index (χ0) is 10.4. The predicted molar refractivity (Wildman–Crippen MR) is 45.4 cm³/mol. The van der Waals surface area contributed by atoms with E-state index >= 15 is 0 Å². The molecule has 0 aromatic heterocycles. The summed E-state index contributed by atoms with van der Waals surface area (Å²) < 4.78 is 0. The van der Waals surface area contributed by atoms with Crippen molar-refractivity contribution < 1.29 is 9.59 Å². The van der Waals surface area contributed by atoms with E-state index in [4.69, 9.17) is 11.0 Å². The van der Waals surface area contributed by atoms with Crippen LogP contribution in [-0.2, 0) is 4.79 Å². The second kappa shape index (κ2) is 4.98. The topological polar surface area (TPSA) is 108 Å². The molecule has 4 N–H and O–H groups in total. The normalized spacial score (nSPS) is 13.6. The number of nitrogens with one attached hydrogen (secondary N) is 2. The summed E-state index contributed by atoms with van der Waals surface area (Å²) in [5, 5.41) is 12.9. The van der Waals surface area contributed by atoms with Crippen LogP contribution < -0.4 is 16.4 Å². The highest BCUT2D eigenvalue weighted by Gasteiger charge is 2.15. The minimum Gasteiger partial charge on any atom is -0.352 e. The van der Waals surface area contributed by atoms with E-state index < -0.39 is 24.0 Å². The molecular weight excluding hydrogens is 172 g/mol. The monoisotopic (exact) mass is 184 g/mol. The summed E-state index contributed by atoms with van der Waals surface area (Å²) in [5.41, 5.74) is 4.80. The van der Waals surface area contributed by atoms with Gasteiger partial charge < -0.3 is 16.4 Å². The molecule has 1 unspecified atom stereocenters. The standard InChI is InChI=1S/C7H12N4O2/c1-4(3-8)10-6(12)5(2)11-7(9)13/h4-5H,1-2H3,(H,10,12)(H3,9,11,13)/t4-,5?/m0/s1. The van der Waals surface area contributed by atoms with Gasteiger partial charge in [0.25, 0.3) is 0 Å². The van der Waals surface area contributed by atoms with Gasteiger partial charge in [-0.05, 0) is 13.8 Å². The summed E-state index contributed by atoms with van der Waals surface area (Å²) in [7, 11) is 0. The van der Waals surface area contributed by atoms with Gasteiger partial charge in [-0.15, -0.1) is 0 Å². The molecule has 13 heavy (non-hydrogen) atoms. The van der Waals surface area contributed by atoms with Crippen LogP contribution in [0.5, 0.6) is 0 Å². The maximum absolute atomic E-state index is 11.1. The molecule has 0 bridgehead atoms. The second-order valence-corrected chi connectivity index (χ2v) is 2.59. The maximum Gasteiger partial charge on any atom is 0.312 e. The number of hydrogen-bond acceptors (Lipinski definition) is 3. The van der Waals surface area contributed by atoms with E-state index in [0.717, 1.165) is 0 Å². The lowest BCUT2D eigenvalue weighted by Crippen LogP contribution is -2.48. The Labute approximate surface area is 76.1 Å². The van der Waals surface area contributed by atoms with Crippen molar-refractivity contribution in [3.05, 3.63) is 0 Å². The van der Waals surface area contributed by atoms with Crippen molar-refractivity contribution in [1.82, 2.24) is 10.6 Å². The zero-order valence-electron chi connectivity index (χ0n) is 7.50. The van der Waals surface area contributed by atoms with Gasteiger partial charge >= 0.3 is 6.03 Å². The first-order valence-corrected chi connectivity index (χ1v) is 3.73. The van der Waals surface area contributed by atoms with E-state index in [1.54, 1.807) is 0 Å². The molecule has 0 aromatic rings. The van der Waals surface area contributed by atoms with Crippen molar-refractivity contribution in [1.29, 1.82) is 5.26 Å². The Kier molecular flexibility index (Phi) is 4.30. The van der Waals surface area contributed by atoms with Gasteiger partial charge in [-0.3, -0.25) is 4.79 Å². The highest BCUT2D eigenvalue weighted by molar-refractivity contribution is 5.86. The first kappa shape index (κ1) is 11.2. The third-order valence-corrected chi connectivity index (χ3v) is 1.30. The zero-order valence-corrected chi connectivity index (χ0v) is 7.50. The van der Waals surface area contributed by atoms with E-state index in [2.05, 4.69) is 10.6 Å². The summed E-state index contributed by atoms with van der Waals surface area (Å²) in [4.78, 5) is 21.5. The molecule has 0 aliphatic heterocycles. The van der Waals surface area contributed by atoms with Gasteiger partial charge in [0.15, 0.2) is 0 Å². The summed E-state index contributed by atoms with van der Waals surface area (Å²) in [5.74, 6) is -0.437. The molecule has 0 fully saturated rings. The highest BCUT2D eigenvalue weighted by atomic mass is 16.2. The third-order valence-electron chi connectivity index (χ3n) is 1.30. The smallest absolute Gasteiger partial charge is 0.312 e. The Morgan fingerprint density at radius 2 is 1.92 bits per heavy atom. The van der Waals surface area contributed by atoms with Crippen molar-refractivity contribution in [3.8, 4) is 6.07 Å². The van der Waals surface area contributed by atoms with Crippen LogP contribution in [0.15, 0.2) is 0 Å². The minimum absolute atomic E-state index is 0.437. The number of carbonyl (C=O) groups excluding carboxylic acids is 2. The fourth-order valence-electron chi connectivity index (χ4n) is 0.650. The maximum atomic E-state index is 11.1. The number of amides is 3. The van der Waals surface area contributed by atoms with Gasteiger partial charge in [0.2, 0.25) is 5.91 Å². The van der Waals surface area contributed by atoms with E-state index in [1.807, 2.05) is 6.07 Å². The van der Waals surface area contributed by atoms with Crippen molar-refractivity contribution in [2.75, 3.05) is 0 Å². The van der Waals surface area contributed by atoms with Crippen LogP contribution in [0, 0.1) is 11.3 Å². The Bertz CT molecular complexity index is 245. The largest absolute Gasteiger partial charge is 0.352 e. The molecule has 6 nitrogen and oxygen atoms in total.